The minimum absolute atomic E-state index is 0.0114. The zero-order chi connectivity index (χ0) is 11.1. The van der Waals surface area contributed by atoms with Crippen molar-refractivity contribution in [1.29, 1.82) is 0 Å². The maximum atomic E-state index is 11.5. The molecule has 0 atom stereocenters. The Kier molecular flexibility index (Phi) is 1.92. The lowest BCUT2D eigenvalue weighted by atomic mass is 10.1. The molecule has 6 nitrogen and oxygen atoms in total. The summed E-state index contributed by atoms with van der Waals surface area (Å²) in [5.41, 5.74) is -0.945. The largest absolute Gasteiger partial charge is 0.472 e. The zero-order valence-electron chi connectivity index (χ0n) is 8.27. The molecule has 6 heteroatoms. The van der Waals surface area contributed by atoms with E-state index in [4.69, 9.17) is 4.74 Å². The minimum atomic E-state index is -0.945. The zero-order valence-corrected chi connectivity index (χ0v) is 8.27. The number of rotatable bonds is 1. The van der Waals surface area contributed by atoms with Gasteiger partial charge in [0, 0.05) is 0 Å². The van der Waals surface area contributed by atoms with Gasteiger partial charge in [0.1, 0.15) is 0 Å². The average Bonchev–Trinajstić information content (AvgIpc) is 2.19. The molecule has 0 bridgehead atoms. The number of aldehydes is 1. The van der Waals surface area contributed by atoms with E-state index < -0.39 is 5.60 Å². The van der Waals surface area contributed by atoms with Gasteiger partial charge in [-0.3, -0.25) is 9.59 Å². The predicted octanol–water partition coefficient (Wildman–Crippen LogP) is 0.399. The predicted molar refractivity (Wildman–Crippen MR) is 50.8 cm³/mol. The maximum Gasteiger partial charge on any atom is 0.269 e. The van der Waals surface area contributed by atoms with Gasteiger partial charge < -0.3 is 10.1 Å². The molecule has 0 saturated heterocycles. The number of hydrogen-bond acceptors (Lipinski definition) is 5. The molecule has 1 aromatic heterocycles. The Balaban J connectivity index is 2.45. The first-order valence-corrected chi connectivity index (χ1v) is 4.35. The molecule has 1 amide bonds. The molecule has 1 aromatic rings. The first-order chi connectivity index (χ1) is 7.03. The summed E-state index contributed by atoms with van der Waals surface area (Å²) < 4.78 is 5.38. The standard InChI is InChI=1S/C9H9N3O3/c1-9(2)8(14)12-7-5(15-9)3-10-6(4-13)11-7/h3-4H,1-2H3,(H,10,11,12,14). The first-order valence-electron chi connectivity index (χ1n) is 4.35. The third-order valence-electron chi connectivity index (χ3n) is 2.02. The van der Waals surface area contributed by atoms with Crippen LogP contribution in [-0.2, 0) is 4.79 Å². The minimum Gasteiger partial charge on any atom is -0.472 e. The van der Waals surface area contributed by atoms with E-state index in [2.05, 4.69) is 15.3 Å². The second kappa shape index (κ2) is 3.01. The molecule has 1 aliphatic rings. The highest BCUT2D eigenvalue weighted by Crippen LogP contribution is 2.30. The molecule has 0 fully saturated rings. The third-order valence-corrected chi connectivity index (χ3v) is 2.02. The van der Waals surface area contributed by atoms with Crippen LogP contribution in [0.1, 0.15) is 24.5 Å². The summed E-state index contributed by atoms with van der Waals surface area (Å²) in [7, 11) is 0. The topological polar surface area (TPSA) is 81.2 Å². The maximum absolute atomic E-state index is 11.5. The molecule has 2 heterocycles. The van der Waals surface area contributed by atoms with Gasteiger partial charge in [-0.1, -0.05) is 0 Å². The van der Waals surface area contributed by atoms with Crippen LogP contribution in [0, 0.1) is 0 Å². The molecule has 0 spiro atoms. The lowest BCUT2D eigenvalue weighted by molar-refractivity contribution is -0.129. The highest BCUT2D eigenvalue weighted by atomic mass is 16.5. The van der Waals surface area contributed by atoms with Crippen molar-refractivity contribution in [3.8, 4) is 5.75 Å². The van der Waals surface area contributed by atoms with Gasteiger partial charge in [-0.15, -0.1) is 0 Å². The molecule has 1 aliphatic heterocycles. The van der Waals surface area contributed by atoms with Crippen molar-refractivity contribution in [1.82, 2.24) is 9.97 Å². The molecule has 1 N–H and O–H groups in total. The van der Waals surface area contributed by atoms with Crippen LogP contribution in [0.25, 0.3) is 0 Å². The number of nitrogens with zero attached hydrogens (tertiary/aromatic N) is 2. The Morgan fingerprint density at radius 3 is 2.93 bits per heavy atom. The number of aromatic nitrogens is 2. The van der Waals surface area contributed by atoms with Crippen molar-refractivity contribution >= 4 is 18.0 Å². The van der Waals surface area contributed by atoms with E-state index in [1.807, 2.05) is 0 Å². The SMILES string of the molecule is CC1(C)Oc2cnc(C=O)nc2NC1=O. The number of ether oxygens (including phenoxy) is 1. The van der Waals surface area contributed by atoms with Gasteiger partial charge in [-0.05, 0) is 13.8 Å². The Hall–Kier alpha value is -1.98. The first kappa shape index (κ1) is 9.57. The van der Waals surface area contributed by atoms with E-state index in [-0.39, 0.29) is 17.5 Å². The molecular weight excluding hydrogens is 198 g/mol. The summed E-state index contributed by atoms with van der Waals surface area (Å²) in [6.07, 6.45) is 1.87. The lowest BCUT2D eigenvalue weighted by Gasteiger charge is -2.30. The van der Waals surface area contributed by atoms with Gasteiger partial charge in [-0.2, -0.15) is 0 Å². The highest BCUT2D eigenvalue weighted by Gasteiger charge is 2.36. The summed E-state index contributed by atoms with van der Waals surface area (Å²) in [6, 6.07) is 0. The number of amides is 1. The van der Waals surface area contributed by atoms with Crippen molar-refractivity contribution in [2.45, 2.75) is 19.4 Å². The second-order valence-corrected chi connectivity index (χ2v) is 3.63. The highest BCUT2D eigenvalue weighted by molar-refractivity contribution is 5.99. The fourth-order valence-corrected chi connectivity index (χ4v) is 1.18. The Bertz CT molecular complexity index is 442. The second-order valence-electron chi connectivity index (χ2n) is 3.63. The summed E-state index contributed by atoms with van der Waals surface area (Å²) in [5, 5.41) is 2.55. The smallest absolute Gasteiger partial charge is 0.269 e. The van der Waals surface area contributed by atoms with Crippen molar-refractivity contribution in [3.05, 3.63) is 12.0 Å². The third kappa shape index (κ3) is 1.54. The van der Waals surface area contributed by atoms with E-state index in [1.165, 1.54) is 6.20 Å². The van der Waals surface area contributed by atoms with Crippen LogP contribution in [0.4, 0.5) is 5.82 Å². The van der Waals surface area contributed by atoms with Crippen LogP contribution in [0.3, 0.4) is 0 Å². The lowest BCUT2D eigenvalue weighted by Crippen LogP contribution is -2.46. The fourth-order valence-electron chi connectivity index (χ4n) is 1.18. The van der Waals surface area contributed by atoms with E-state index in [0.29, 0.717) is 12.0 Å². The number of carbonyl (C=O) groups excluding carboxylic acids is 2. The van der Waals surface area contributed by atoms with Gasteiger partial charge in [-0.25, -0.2) is 9.97 Å². The number of nitrogens with one attached hydrogen (secondary N) is 1. The summed E-state index contributed by atoms with van der Waals surface area (Å²) in [5.74, 6) is 0.310. The van der Waals surface area contributed by atoms with Gasteiger partial charge >= 0.3 is 0 Å². The molecule has 0 saturated carbocycles. The molecule has 15 heavy (non-hydrogen) atoms. The molecule has 0 aromatic carbocycles. The van der Waals surface area contributed by atoms with E-state index in [1.54, 1.807) is 13.8 Å². The Labute approximate surface area is 85.7 Å². The van der Waals surface area contributed by atoms with E-state index in [0.717, 1.165) is 0 Å². The average molecular weight is 207 g/mol. The van der Waals surface area contributed by atoms with Crippen LogP contribution in [0.15, 0.2) is 6.20 Å². The Morgan fingerprint density at radius 1 is 1.53 bits per heavy atom. The quantitative estimate of drug-likeness (QED) is 0.674. The van der Waals surface area contributed by atoms with Crippen molar-refractivity contribution < 1.29 is 14.3 Å². The van der Waals surface area contributed by atoms with Gasteiger partial charge in [0.05, 0.1) is 6.20 Å². The molecule has 78 valence electrons. The van der Waals surface area contributed by atoms with Gasteiger partial charge in [0.25, 0.3) is 5.91 Å². The van der Waals surface area contributed by atoms with Crippen LogP contribution < -0.4 is 10.1 Å². The van der Waals surface area contributed by atoms with E-state index in [9.17, 15) is 9.59 Å². The monoisotopic (exact) mass is 207 g/mol. The number of fused-ring (bicyclic) bond motifs is 1. The number of hydrogen-bond donors (Lipinski definition) is 1. The van der Waals surface area contributed by atoms with Crippen LogP contribution in [-0.4, -0.2) is 27.8 Å². The fraction of sp³-hybridized carbons (Fsp3) is 0.333. The molecule has 0 aliphatic carbocycles. The Morgan fingerprint density at radius 2 is 2.27 bits per heavy atom. The van der Waals surface area contributed by atoms with Crippen molar-refractivity contribution in [2.75, 3.05) is 5.32 Å². The van der Waals surface area contributed by atoms with Gasteiger partial charge in [0.2, 0.25) is 0 Å². The molecule has 2 rings (SSSR count). The summed E-state index contributed by atoms with van der Waals surface area (Å²) >= 11 is 0. The molecule has 0 unspecified atom stereocenters. The van der Waals surface area contributed by atoms with Crippen LogP contribution in [0.2, 0.25) is 0 Å². The van der Waals surface area contributed by atoms with Gasteiger partial charge in [0.15, 0.2) is 29.3 Å². The van der Waals surface area contributed by atoms with E-state index >= 15 is 0 Å². The number of anilines is 1. The molecule has 0 radical (unpaired) electrons. The van der Waals surface area contributed by atoms with Crippen LogP contribution >= 0.6 is 0 Å². The number of carbonyl (C=O) groups is 2. The normalized spacial score (nSPS) is 17.3. The summed E-state index contributed by atoms with van der Waals surface area (Å²) in [4.78, 5) is 29.5. The molecular formula is C9H9N3O3. The summed E-state index contributed by atoms with van der Waals surface area (Å²) in [6.45, 7) is 3.28. The van der Waals surface area contributed by atoms with Crippen molar-refractivity contribution in [2.24, 2.45) is 0 Å². The van der Waals surface area contributed by atoms with Crippen LogP contribution in [0.5, 0.6) is 5.75 Å². The van der Waals surface area contributed by atoms with Crippen molar-refractivity contribution in [3.63, 3.8) is 0 Å².